The third-order valence-corrected chi connectivity index (χ3v) is 6.27. The van der Waals surface area contributed by atoms with Crippen molar-refractivity contribution < 1.29 is 18.7 Å². The van der Waals surface area contributed by atoms with Crippen molar-refractivity contribution >= 4 is 51.4 Å². The number of likely N-dealkylation sites (tertiary alicyclic amines) is 1. The molecule has 0 radical (unpaired) electrons. The van der Waals surface area contributed by atoms with Crippen molar-refractivity contribution in [1.29, 1.82) is 0 Å². The fourth-order valence-electron chi connectivity index (χ4n) is 2.95. The highest BCUT2D eigenvalue weighted by atomic mass is 35.5. The molecule has 0 aliphatic carbocycles. The molecule has 10 heteroatoms. The van der Waals surface area contributed by atoms with E-state index in [0.717, 1.165) is 9.75 Å². The summed E-state index contributed by atoms with van der Waals surface area (Å²) in [5, 5.41) is 3.11. The molecule has 152 valence electrons. The average Bonchev–Trinajstić information content (AvgIpc) is 3.24. The quantitative estimate of drug-likeness (QED) is 0.682. The van der Waals surface area contributed by atoms with Crippen LogP contribution in [0.15, 0.2) is 12.3 Å². The van der Waals surface area contributed by atoms with Gasteiger partial charge in [-0.15, -0.1) is 11.3 Å². The van der Waals surface area contributed by atoms with Crippen molar-refractivity contribution in [3.05, 3.63) is 31.9 Å². The average molecular weight is 446 g/mol. The third-order valence-electron chi connectivity index (χ3n) is 4.09. The van der Waals surface area contributed by atoms with E-state index in [1.54, 1.807) is 26.8 Å². The second-order valence-corrected chi connectivity index (χ2v) is 10.5. The lowest BCUT2D eigenvalue weighted by atomic mass is 10.1. The molecule has 2 aromatic rings. The van der Waals surface area contributed by atoms with Crippen LogP contribution in [0.4, 0.5) is 14.3 Å². The zero-order chi connectivity index (χ0) is 20.6. The molecule has 2 aromatic heterocycles. The Balaban J connectivity index is 1.80. The summed E-state index contributed by atoms with van der Waals surface area (Å²) in [6.45, 7) is 7.11. The van der Waals surface area contributed by atoms with E-state index in [1.165, 1.54) is 33.8 Å². The van der Waals surface area contributed by atoms with Crippen molar-refractivity contribution in [3.63, 3.8) is 0 Å². The Morgan fingerprint density at radius 2 is 2.11 bits per heavy atom. The van der Waals surface area contributed by atoms with E-state index in [9.17, 15) is 14.0 Å². The van der Waals surface area contributed by atoms with Crippen LogP contribution in [0.2, 0.25) is 4.34 Å². The van der Waals surface area contributed by atoms with Crippen LogP contribution < -0.4 is 5.32 Å². The van der Waals surface area contributed by atoms with Gasteiger partial charge in [-0.3, -0.25) is 15.0 Å². The molecule has 0 spiro atoms. The first-order valence-electron chi connectivity index (χ1n) is 8.70. The maximum Gasteiger partial charge on any atom is 0.410 e. The molecule has 0 saturated carbocycles. The van der Waals surface area contributed by atoms with E-state index in [1.807, 2.05) is 6.92 Å². The van der Waals surface area contributed by atoms with E-state index >= 15 is 0 Å². The van der Waals surface area contributed by atoms with Crippen LogP contribution in [-0.2, 0) is 4.74 Å². The number of thiophene rings is 1. The molecule has 1 aliphatic heterocycles. The molecule has 6 nitrogen and oxygen atoms in total. The summed E-state index contributed by atoms with van der Waals surface area (Å²) in [5.41, 5.74) is -0.195. The number of amides is 2. The Kier molecular flexibility index (Phi) is 5.97. The molecule has 28 heavy (non-hydrogen) atoms. The highest BCUT2D eigenvalue weighted by Gasteiger charge is 2.39. The maximum absolute atomic E-state index is 14.1. The van der Waals surface area contributed by atoms with Gasteiger partial charge in [0, 0.05) is 16.2 Å². The molecule has 1 saturated heterocycles. The Hall–Kier alpha value is -1.71. The largest absolute Gasteiger partial charge is 0.444 e. The Bertz CT molecular complexity index is 893. The molecule has 1 N–H and O–H groups in total. The summed E-state index contributed by atoms with van der Waals surface area (Å²) in [4.78, 5) is 32.0. The minimum Gasteiger partial charge on any atom is -0.444 e. The molecule has 1 aliphatic rings. The standard InChI is InChI=1S/C18H21ClFN3O3S2/c1-9-11(15(24)22-16-21-7-14(19)28-16)6-13(27-9)12-5-10(20)8-23(12)17(25)26-18(2,3)4/h6-7,10,12H,5,8H2,1-4H3,(H,21,22,24)/t10-,12+/m1/s1. The predicted octanol–water partition coefficient (Wildman–Crippen LogP) is 5.44. The van der Waals surface area contributed by atoms with Crippen molar-refractivity contribution in [1.82, 2.24) is 9.88 Å². The van der Waals surface area contributed by atoms with Gasteiger partial charge in [0.25, 0.3) is 5.91 Å². The summed E-state index contributed by atoms with van der Waals surface area (Å²) in [6.07, 6.45) is -0.0314. The van der Waals surface area contributed by atoms with Crippen LogP contribution in [0.25, 0.3) is 0 Å². The van der Waals surface area contributed by atoms with Gasteiger partial charge >= 0.3 is 6.09 Å². The number of nitrogens with zero attached hydrogens (tertiary/aromatic N) is 2. The number of carbonyl (C=O) groups excluding carboxylic acids is 2. The van der Waals surface area contributed by atoms with E-state index in [4.69, 9.17) is 16.3 Å². The van der Waals surface area contributed by atoms with E-state index in [-0.39, 0.29) is 18.9 Å². The van der Waals surface area contributed by atoms with Crippen molar-refractivity contribution in [3.8, 4) is 0 Å². The van der Waals surface area contributed by atoms with Gasteiger partial charge in [-0.05, 0) is 33.8 Å². The lowest BCUT2D eigenvalue weighted by Crippen LogP contribution is -2.36. The number of aromatic nitrogens is 1. The van der Waals surface area contributed by atoms with Crippen LogP contribution in [-0.4, -0.2) is 40.2 Å². The number of rotatable bonds is 3. The Morgan fingerprint density at radius 3 is 2.71 bits per heavy atom. The van der Waals surface area contributed by atoms with E-state index in [2.05, 4.69) is 10.3 Å². The number of aryl methyl sites for hydroxylation is 1. The van der Waals surface area contributed by atoms with Gasteiger partial charge in [-0.25, -0.2) is 14.2 Å². The lowest BCUT2D eigenvalue weighted by Gasteiger charge is -2.27. The van der Waals surface area contributed by atoms with Crippen LogP contribution >= 0.6 is 34.3 Å². The van der Waals surface area contributed by atoms with Crippen molar-refractivity contribution in [2.75, 3.05) is 11.9 Å². The van der Waals surface area contributed by atoms with Gasteiger partial charge in [0.1, 0.15) is 16.1 Å². The molecular formula is C18H21ClFN3O3S2. The molecule has 0 aromatic carbocycles. The van der Waals surface area contributed by atoms with Crippen LogP contribution in [0.1, 0.15) is 53.3 Å². The molecule has 1 fully saturated rings. The smallest absolute Gasteiger partial charge is 0.410 e. The van der Waals surface area contributed by atoms with Crippen LogP contribution in [0, 0.1) is 6.92 Å². The van der Waals surface area contributed by atoms with Crippen molar-refractivity contribution in [2.45, 2.75) is 51.9 Å². The fraction of sp³-hybridized carbons (Fsp3) is 0.500. The molecule has 3 heterocycles. The number of nitrogens with one attached hydrogen (secondary N) is 1. The molecule has 3 rings (SSSR count). The number of anilines is 1. The first-order chi connectivity index (χ1) is 13.0. The second-order valence-electron chi connectivity index (χ2n) is 7.52. The second kappa shape index (κ2) is 7.96. The zero-order valence-corrected chi connectivity index (χ0v) is 18.3. The SMILES string of the molecule is Cc1sc([C@@H]2C[C@@H](F)CN2C(=O)OC(C)(C)C)cc1C(=O)Nc1ncc(Cl)s1. The summed E-state index contributed by atoms with van der Waals surface area (Å²) in [5.74, 6) is -0.315. The van der Waals surface area contributed by atoms with Gasteiger partial charge < -0.3 is 4.74 Å². The fourth-order valence-corrected chi connectivity index (χ4v) is 4.91. The maximum atomic E-state index is 14.1. The predicted molar refractivity (Wildman–Crippen MR) is 109 cm³/mol. The molecule has 0 bridgehead atoms. The van der Waals surface area contributed by atoms with Gasteiger partial charge in [-0.2, -0.15) is 0 Å². The monoisotopic (exact) mass is 445 g/mol. The van der Waals surface area contributed by atoms with Gasteiger partial charge in [0.15, 0.2) is 5.13 Å². The van der Waals surface area contributed by atoms with E-state index in [0.29, 0.717) is 15.0 Å². The first-order valence-corrected chi connectivity index (χ1v) is 10.7. The number of hydrogen-bond acceptors (Lipinski definition) is 6. The van der Waals surface area contributed by atoms with E-state index < -0.39 is 23.9 Å². The zero-order valence-electron chi connectivity index (χ0n) is 15.9. The Morgan fingerprint density at radius 1 is 1.39 bits per heavy atom. The minimum atomic E-state index is -1.13. The van der Waals surface area contributed by atoms with Crippen LogP contribution in [0.5, 0.6) is 0 Å². The first kappa shape index (κ1) is 21.0. The number of carbonyl (C=O) groups is 2. The van der Waals surface area contributed by atoms with Gasteiger partial charge in [-0.1, -0.05) is 22.9 Å². The number of ether oxygens (including phenoxy) is 1. The molecule has 2 amide bonds. The third kappa shape index (κ3) is 4.82. The topological polar surface area (TPSA) is 71.5 Å². The number of halogens is 2. The summed E-state index contributed by atoms with van der Waals surface area (Å²) >= 11 is 8.38. The number of hydrogen-bond donors (Lipinski definition) is 1. The number of alkyl halides is 1. The van der Waals surface area contributed by atoms with Gasteiger partial charge in [0.05, 0.1) is 24.3 Å². The summed E-state index contributed by atoms with van der Waals surface area (Å²) in [7, 11) is 0. The summed E-state index contributed by atoms with van der Waals surface area (Å²) in [6, 6.07) is 1.26. The Labute approximate surface area is 175 Å². The highest BCUT2D eigenvalue weighted by molar-refractivity contribution is 7.19. The lowest BCUT2D eigenvalue weighted by molar-refractivity contribution is 0.0219. The van der Waals surface area contributed by atoms with Crippen molar-refractivity contribution in [2.24, 2.45) is 0 Å². The normalized spacial score (nSPS) is 19.7. The van der Waals surface area contributed by atoms with Gasteiger partial charge in [0.2, 0.25) is 0 Å². The molecule has 2 atom stereocenters. The number of thiazole rings is 1. The molecular weight excluding hydrogens is 425 g/mol. The minimum absolute atomic E-state index is 0.0182. The highest BCUT2D eigenvalue weighted by Crippen LogP contribution is 2.39. The summed E-state index contributed by atoms with van der Waals surface area (Å²) < 4.78 is 20.0. The molecule has 0 unspecified atom stereocenters. The van der Waals surface area contributed by atoms with Crippen LogP contribution in [0.3, 0.4) is 0 Å².